The van der Waals surface area contributed by atoms with Crippen LogP contribution in [-0.4, -0.2) is 9.97 Å². The van der Waals surface area contributed by atoms with Gasteiger partial charge < -0.3 is 5.32 Å². The van der Waals surface area contributed by atoms with Crippen molar-refractivity contribution < 1.29 is 0 Å². The molecule has 0 amide bonds. The Bertz CT molecular complexity index is 749. The van der Waals surface area contributed by atoms with Crippen LogP contribution < -0.4 is 5.32 Å². The van der Waals surface area contributed by atoms with Gasteiger partial charge in [0.1, 0.15) is 0 Å². The molecule has 0 fully saturated rings. The summed E-state index contributed by atoms with van der Waals surface area (Å²) in [6, 6.07) is 10.5. The van der Waals surface area contributed by atoms with E-state index in [1.54, 1.807) is 11.3 Å². The van der Waals surface area contributed by atoms with Crippen LogP contribution in [0.2, 0.25) is 0 Å². The summed E-state index contributed by atoms with van der Waals surface area (Å²) in [6.07, 6.45) is 2.12. The van der Waals surface area contributed by atoms with Crippen molar-refractivity contribution in [1.29, 1.82) is 0 Å². The lowest BCUT2D eigenvalue weighted by Crippen LogP contribution is -2.02. The minimum Gasteiger partial charge on any atom is -0.379 e. The lowest BCUT2D eigenvalue weighted by molar-refractivity contribution is 0.889. The van der Waals surface area contributed by atoms with E-state index in [0.717, 1.165) is 42.0 Å². The van der Waals surface area contributed by atoms with Crippen molar-refractivity contribution >= 4 is 27.9 Å². The predicted molar refractivity (Wildman–Crippen MR) is 89.9 cm³/mol. The highest BCUT2D eigenvalue weighted by Gasteiger charge is 2.07. The molecule has 0 saturated carbocycles. The molecular formula is C17H19N3S. The lowest BCUT2D eigenvalue weighted by Gasteiger charge is -2.11. The first-order valence-electron chi connectivity index (χ1n) is 7.29. The van der Waals surface area contributed by atoms with Crippen LogP contribution in [0, 0.1) is 6.92 Å². The number of para-hydroxylation sites is 1. The summed E-state index contributed by atoms with van der Waals surface area (Å²) in [5.41, 5.74) is 6.39. The second kappa shape index (κ2) is 6.22. The molecular weight excluding hydrogens is 278 g/mol. The number of anilines is 1. The van der Waals surface area contributed by atoms with Crippen molar-refractivity contribution in [2.24, 2.45) is 0 Å². The van der Waals surface area contributed by atoms with Crippen LogP contribution in [-0.2, 0) is 13.0 Å². The third-order valence-electron chi connectivity index (χ3n) is 3.56. The van der Waals surface area contributed by atoms with E-state index in [4.69, 9.17) is 4.98 Å². The summed E-state index contributed by atoms with van der Waals surface area (Å²) >= 11 is 1.70. The largest absolute Gasteiger partial charge is 0.379 e. The van der Waals surface area contributed by atoms with E-state index in [1.165, 1.54) is 10.3 Å². The molecule has 2 aromatic heterocycles. The molecule has 0 atom stereocenters. The van der Waals surface area contributed by atoms with Gasteiger partial charge in [-0.2, -0.15) is 0 Å². The first kappa shape index (κ1) is 14.0. The molecule has 2 heterocycles. The summed E-state index contributed by atoms with van der Waals surface area (Å²) in [7, 11) is 0. The van der Waals surface area contributed by atoms with Crippen LogP contribution in [0.1, 0.15) is 29.6 Å². The number of nitrogens with zero attached hydrogens (tertiary/aromatic N) is 2. The van der Waals surface area contributed by atoms with Gasteiger partial charge >= 0.3 is 0 Å². The number of hydrogen-bond acceptors (Lipinski definition) is 4. The quantitative estimate of drug-likeness (QED) is 0.750. The van der Waals surface area contributed by atoms with Gasteiger partial charge in [-0.05, 0) is 25.5 Å². The van der Waals surface area contributed by atoms with E-state index in [-0.39, 0.29) is 0 Å². The molecule has 4 heteroatoms. The zero-order valence-electron chi connectivity index (χ0n) is 12.4. The summed E-state index contributed by atoms with van der Waals surface area (Å²) in [4.78, 5) is 10.3. The average Bonchev–Trinajstić information content (AvgIpc) is 2.90. The van der Waals surface area contributed by atoms with Gasteiger partial charge in [-0.25, -0.2) is 4.98 Å². The van der Waals surface area contributed by atoms with E-state index in [1.807, 2.05) is 11.6 Å². The topological polar surface area (TPSA) is 37.8 Å². The molecule has 1 aromatic carbocycles. The number of fused-ring (bicyclic) bond motifs is 1. The van der Waals surface area contributed by atoms with Crippen molar-refractivity contribution in [1.82, 2.24) is 9.97 Å². The zero-order chi connectivity index (χ0) is 14.7. The SMILES string of the molecule is CCCc1cc(NCc2scnc2C)c2ccccc2n1. The fourth-order valence-electron chi connectivity index (χ4n) is 2.43. The maximum absolute atomic E-state index is 4.74. The van der Waals surface area contributed by atoms with E-state index < -0.39 is 0 Å². The van der Waals surface area contributed by atoms with E-state index in [0.29, 0.717) is 0 Å². The fourth-order valence-corrected chi connectivity index (χ4v) is 3.15. The predicted octanol–water partition coefficient (Wildman–Crippen LogP) is 4.56. The van der Waals surface area contributed by atoms with Gasteiger partial charge in [0.15, 0.2) is 0 Å². The van der Waals surface area contributed by atoms with Gasteiger partial charge in [0.2, 0.25) is 0 Å². The van der Waals surface area contributed by atoms with E-state index in [9.17, 15) is 0 Å². The number of hydrogen-bond donors (Lipinski definition) is 1. The Balaban J connectivity index is 1.93. The van der Waals surface area contributed by atoms with Crippen LogP contribution in [0.4, 0.5) is 5.69 Å². The zero-order valence-corrected chi connectivity index (χ0v) is 13.2. The Morgan fingerprint density at radius 1 is 1.24 bits per heavy atom. The Labute approximate surface area is 129 Å². The highest BCUT2D eigenvalue weighted by Crippen LogP contribution is 2.25. The molecule has 0 saturated heterocycles. The number of aryl methyl sites for hydroxylation is 2. The molecule has 3 rings (SSSR count). The van der Waals surface area contributed by atoms with Crippen molar-refractivity contribution in [2.75, 3.05) is 5.32 Å². The molecule has 1 N–H and O–H groups in total. The summed E-state index contributed by atoms with van der Waals surface area (Å²) < 4.78 is 0. The molecule has 108 valence electrons. The molecule has 0 aliphatic carbocycles. The normalized spacial score (nSPS) is 11.0. The minimum absolute atomic E-state index is 0.816. The van der Waals surface area contributed by atoms with E-state index >= 15 is 0 Å². The van der Waals surface area contributed by atoms with Crippen LogP contribution in [0.25, 0.3) is 10.9 Å². The number of thiazole rings is 1. The number of nitrogens with one attached hydrogen (secondary N) is 1. The maximum atomic E-state index is 4.74. The van der Waals surface area contributed by atoms with Crippen molar-refractivity contribution in [3.8, 4) is 0 Å². The monoisotopic (exact) mass is 297 g/mol. The molecule has 0 unspecified atom stereocenters. The molecule has 0 aliphatic rings. The summed E-state index contributed by atoms with van der Waals surface area (Å²) in [5.74, 6) is 0. The van der Waals surface area contributed by atoms with Crippen LogP contribution >= 0.6 is 11.3 Å². The average molecular weight is 297 g/mol. The number of pyridine rings is 1. The molecule has 3 nitrogen and oxygen atoms in total. The van der Waals surface area contributed by atoms with Gasteiger partial charge in [0.05, 0.1) is 23.3 Å². The highest BCUT2D eigenvalue weighted by atomic mass is 32.1. The molecule has 0 spiro atoms. The molecule has 0 radical (unpaired) electrons. The van der Waals surface area contributed by atoms with Crippen LogP contribution in [0.3, 0.4) is 0 Å². The van der Waals surface area contributed by atoms with Crippen LogP contribution in [0.15, 0.2) is 35.8 Å². The third kappa shape index (κ3) is 3.05. The first-order valence-corrected chi connectivity index (χ1v) is 8.17. The third-order valence-corrected chi connectivity index (χ3v) is 4.49. The van der Waals surface area contributed by atoms with Crippen molar-refractivity contribution in [3.63, 3.8) is 0 Å². The Morgan fingerprint density at radius 2 is 2.10 bits per heavy atom. The second-order valence-electron chi connectivity index (χ2n) is 5.14. The molecule has 0 bridgehead atoms. The van der Waals surface area contributed by atoms with Gasteiger partial charge in [0, 0.05) is 21.6 Å². The summed E-state index contributed by atoms with van der Waals surface area (Å²) in [6.45, 7) is 5.06. The number of rotatable bonds is 5. The lowest BCUT2D eigenvalue weighted by atomic mass is 10.1. The second-order valence-corrected chi connectivity index (χ2v) is 6.08. The van der Waals surface area contributed by atoms with Gasteiger partial charge in [-0.15, -0.1) is 11.3 Å². The standard InChI is InChI=1S/C17H19N3S/c1-3-6-13-9-16(14-7-4-5-8-15(14)20-13)18-10-17-12(2)19-11-21-17/h4-5,7-9,11H,3,6,10H2,1-2H3,(H,18,20). The highest BCUT2D eigenvalue weighted by molar-refractivity contribution is 7.09. The summed E-state index contributed by atoms with van der Waals surface area (Å²) in [5, 5.41) is 4.74. The van der Waals surface area contributed by atoms with Crippen molar-refractivity contribution in [2.45, 2.75) is 33.2 Å². The smallest absolute Gasteiger partial charge is 0.0798 e. The molecule has 21 heavy (non-hydrogen) atoms. The fraction of sp³-hybridized carbons (Fsp3) is 0.294. The minimum atomic E-state index is 0.816. The van der Waals surface area contributed by atoms with Gasteiger partial charge in [-0.3, -0.25) is 4.98 Å². The van der Waals surface area contributed by atoms with Gasteiger partial charge in [-0.1, -0.05) is 31.5 Å². The van der Waals surface area contributed by atoms with Crippen molar-refractivity contribution in [3.05, 3.63) is 52.1 Å². The number of benzene rings is 1. The van der Waals surface area contributed by atoms with Crippen LogP contribution in [0.5, 0.6) is 0 Å². The number of aromatic nitrogens is 2. The maximum Gasteiger partial charge on any atom is 0.0798 e. The van der Waals surface area contributed by atoms with Gasteiger partial charge in [0.25, 0.3) is 0 Å². The van der Waals surface area contributed by atoms with E-state index in [2.05, 4.69) is 48.4 Å². The molecule has 0 aliphatic heterocycles. The molecule has 3 aromatic rings. The Hall–Kier alpha value is -1.94. The Kier molecular flexibility index (Phi) is 4.15. The Morgan fingerprint density at radius 3 is 2.86 bits per heavy atom. The first-order chi connectivity index (χ1) is 10.3.